The second-order valence-corrected chi connectivity index (χ2v) is 5.68. The van der Waals surface area contributed by atoms with Gasteiger partial charge in [0, 0.05) is 11.8 Å². The van der Waals surface area contributed by atoms with E-state index in [4.69, 9.17) is 10.4 Å². The summed E-state index contributed by atoms with van der Waals surface area (Å²) in [5.74, 6) is 4.86. The van der Waals surface area contributed by atoms with Crippen LogP contribution in [0.25, 0.3) is 0 Å². The summed E-state index contributed by atoms with van der Waals surface area (Å²) in [5, 5.41) is 3.84. The average Bonchev–Trinajstić information content (AvgIpc) is 2.54. The number of nitrogens with one attached hydrogen (secondary N) is 2. The molecule has 0 fully saturated rings. The van der Waals surface area contributed by atoms with Crippen LogP contribution in [0.1, 0.15) is 17.3 Å². The maximum Gasteiger partial charge on any atom is 1.00 e. The molecule has 11 heteroatoms. The first-order valence-electron chi connectivity index (χ1n) is 6.24. The maximum absolute atomic E-state index is 11.2. The molecular weight excluding hydrogens is 345 g/mol. The molecule has 24 heavy (non-hydrogen) atoms. The van der Waals surface area contributed by atoms with Gasteiger partial charge in [-0.3, -0.25) is 20.2 Å². The summed E-state index contributed by atoms with van der Waals surface area (Å²) in [6, 6.07) is 8.81. The van der Waals surface area contributed by atoms with Crippen LogP contribution in [0.5, 0.6) is 0 Å². The molecule has 0 spiro atoms. The Labute approximate surface area is 161 Å². The zero-order valence-corrected chi connectivity index (χ0v) is 15.5. The second kappa shape index (κ2) is 8.87. The molecule has 1 aromatic heterocycles. The van der Waals surface area contributed by atoms with Crippen molar-refractivity contribution < 1.29 is 48.7 Å². The zero-order chi connectivity index (χ0) is 16.9. The molecule has 0 unspecified atom stereocenters. The van der Waals surface area contributed by atoms with Crippen LogP contribution in [0.3, 0.4) is 0 Å². The minimum Gasteiger partial charge on any atom is -1.00 e. The van der Waals surface area contributed by atoms with Gasteiger partial charge in [-0.2, -0.15) is 13.5 Å². The third-order valence-corrected chi connectivity index (χ3v) is 3.66. The van der Waals surface area contributed by atoms with Gasteiger partial charge >= 0.3 is 29.6 Å². The third kappa shape index (κ3) is 5.37. The third-order valence-electron chi connectivity index (χ3n) is 2.74. The number of carbonyl (C=O) groups excluding carboxylic acids is 1. The molecule has 122 valence electrons. The summed E-state index contributed by atoms with van der Waals surface area (Å²) in [4.78, 5) is 14.9. The van der Waals surface area contributed by atoms with E-state index in [0.717, 1.165) is 0 Å². The number of nitrogens with two attached hydrogens (primary N) is 1. The SMILES string of the molecule is NNC(=O)c1ccc(N/N=C\c2ccccc2S(=O)(=O)O)nc1.[H-].[Na+]. The Morgan fingerprint density at radius 3 is 2.58 bits per heavy atom. The minimum absolute atomic E-state index is 0. The topological polar surface area (TPSA) is 147 Å². The number of hydrogen-bond acceptors (Lipinski definition) is 7. The van der Waals surface area contributed by atoms with E-state index >= 15 is 0 Å². The van der Waals surface area contributed by atoms with Crippen LogP contribution in [0.15, 0.2) is 52.6 Å². The number of pyridine rings is 1. The molecule has 9 nitrogen and oxygen atoms in total. The monoisotopic (exact) mass is 359 g/mol. The first-order valence-corrected chi connectivity index (χ1v) is 7.68. The molecule has 0 bridgehead atoms. The van der Waals surface area contributed by atoms with Crippen molar-refractivity contribution in [3.8, 4) is 0 Å². The Kier molecular flexibility index (Phi) is 7.48. The van der Waals surface area contributed by atoms with Crippen molar-refractivity contribution in [1.29, 1.82) is 0 Å². The summed E-state index contributed by atoms with van der Waals surface area (Å²) >= 11 is 0. The van der Waals surface area contributed by atoms with Gasteiger partial charge in [0.1, 0.15) is 10.7 Å². The number of anilines is 1. The molecule has 1 amide bonds. The van der Waals surface area contributed by atoms with Crippen LogP contribution in [-0.4, -0.2) is 30.1 Å². The number of rotatable bonds is 5. The fraction of sp³-hybridized carbons (Fsp3) is 0. The molecule has 2 aromatic rings. The number of aromatic nitrogens is 1. The Morgan fingerprint density at radius 1 is 1.29 bits per heavy atom. The van der Waals surface area contributed by atoms with Gasteiger partial charge in [-0.05, 0) is 18.2 Å². The van der Waals surface area contributed by atoms with Crippen LogP contribution < -0.4 is 46.3 Å². The van der Waals surface area contributed by atoms with Crippen molar-refractivity contribution in [3.05, 3.63) is 53.7 Å². The van der Waals surface area contributed by atoms with E-state index in [1.165, 1.54) is 42.7 Å². The van der Waals surface area contributed by atoms with Crippen molar-refractivity contribution in [2.75, 3.05) is 5.43 Å². The first kappa shape index (κ1) is 20.2. The number of nitrogen functional groups attached to an aromatic ring is 1. The van der Waals surface area contributed by atoms with Gasteiger partial charge in [0.25, 0.3) is 16.0 Å². The average molecular weight is 359 g/mol. The van der Waals surface area contributed by atoms with E-state index in [0.29, 0.717) is 5.82 Å². The number of hydrogen-bond donors (Lipinski definition) is 4. The van der Waals surface area contributed by atoms with E-state index in [2.05, 4.69) is 15.5 Å². The van der Waals surface area contributed by atoms with Gasteiger partial charge in [0.15, 0.2) is 0 Å². The minimum atomic E-state index is -4.34. The molecule has 0 atom stereocenters. The van der Waals surface area contributed by atoms with Crippen LogP contribution in [0.4, 0.5) is 5.82 Å². The molecule has 1 aromatic carbocycles. The number of hydrazine groups is 1. The van der Waals surface area contributed by atoms with Crippen molar-refractivity contribution in [2.45, 2.75) is 4.90 Å². The molecule has 0 radical (unpaired) electrons. The molecule has 0 aliphatic carbocycles. The largest absolute Gasteiger partial charge is 1.00 e. The summed E-state index contributed by atoms with van der Waals surface area (Å²) in [6.45, 7) is 0. The first-order chi connectivity index (χ1) is 10.9. The van der Waals surface area contributed by atoms with E-state index in [9.17, 15) is 13.2 Å². The Hall–Kier alpha value is -1.82. The molecule has 0 saturated carbocycles. The van der Waals surface area contributed by atoms with Crippen LogP contribution in [-0.2, 0) is 10.1 Å². The van der Waals surface area contributed by atoms with E-state index < -0.39 is 16.0 Å². The van der Waals surface area contributed by atoms with Crippen molar-refractivity contribution >= 4 is 28.1 Å². The summed E-state index contributed by atoms with van der Waals surface area (Å²) in [7, 11) is -4.34. The number of carbonyl (C=O) groups is 1. The molecular formula is C13H14N5NaO4S. The van der Waals surface area contributed by atoms with E-state index in [1.807, 2.05) is 5.43 Å². The Bertz CT molecular complexity index is 846. The molecule has 0 saturated heterocycles. The smallest absolute Gasteiger partial charge is 1.00 e. The molecule has 2 rings (SSSR count). The predicted octanol–water partition coefficient (Wildman–Crippen LogP) is -2.51. The van der Waals surface area contributed by atoms with Crippen LogP contribution in [0.2, 0.25) is 0 Å². The van der Waals surface area contributed by atoms with Crippen LogP contribution >= 0.6 is 0 Å². The van der Waals surface area contributed by atoms with Gasteiger partial charge in [0.2, 0.25) is 0 Å². The van der Waals surface area contributed by atoms with Crippen molar-refractivity contribution in [3.63, 3.8) is 0 Å². The van der Waals surface area contributed by atoms with Crippen molar-refractivity contribution in [2.24, 2.45) is 10.9 Å². The fourth-order valence-electron chi connectivity index (χ4n) is 1.67. The van der Waals surface area contributed by atoms with E-state index in [1.54, 1.807) is 6.07 Å². The molecule has 5 N–H and O–H groups in total. The summed E-state index contributed by atoms with van der Waals surface area (Å²) in [5.41, 5.74) is 5.04. The standard InChI is InChI=1S/C13H13N5O4S.Na.H/c14-17-13(19)10-5-6-12(15-7-10)18-16-8-9-3-1-2-4-11(9)23(20,21)22;;/h1-8H,14H2,(H,15,18)(H,17,19)(H,20,21,22);;/q;+1;-1/b16-8-;;. The number of benzene rings is 1. The van der Waals surface area contributed by atoms with Gasteiger partial charge in [-0.1, -0.05) is 18.2 Å². The number of amides is 1. The van der Waals surface area contributed by atoms with Crippen molar-refractivity contribution in [1.82, 2.24) is 10.4 Å². The van der Waals surface area contributed by atoms with E-state index in [-0.39, 0.29) is 47.0 Å². The van der Waals surface area contributed by atoms with Gasteiger partial charge < -0.3 is 1.43 Å². The summed E-state index contributed by atoms with van der Waals surface area (Å²) in [6.07, 6.45) is 2.53. The van der Waals surface area contributed by atoms with Gasteiger partial charge in [0.05, 0.1) is 11.8 Å². The fourth-order valence-corrected chi connectivity index (χ4v) is 2.34. The maximum atomic E-state index is 11.2. The zero-order valence-electron chi connectivity index (χ0n) is 13.7. The molecule has 0 aliphatic heterocycles. The quantitative estimate of drug-likeness (QED) is 0.115. The normalized spacial score (nSPS) is 10.9. The Morgan fingerprint density at radius 2 is 2.00 bits per heavy atom. The second-order valence-electron chi connectivity index (χ2n) is 4.29. The molecule has 1 heterocycles. The number of hydrazone groups is 1. The Balaban J connectivity index is 0.00000288. The predicted molar refractivity (Wildman–Crippen MR) is 84.5 cm³/mol. The number of nitrogens with zero attached hydrogens (tertiary/aromatic N) is 2. The van der Waals surface area contributed by atoms with Crippen LogP contribution in [0, 0.1) is 0 Å². The summed E-state index contributed by atoms with van der Waals surface area (Å²) < 4.78 is 31.6. The van der Waals surface area contributed by atoms with Gasteiger partial charge in [-0.25, -0.2) is 10.8 Å². The van der Waals surface area contributed by atoms with Gasteiger partial charge in [-0.15, -0.1) is 0 Å². The molecule has 0 aliphatic rings.